The Morgan fingerprint density at radius 2 is 2.00 bits per heavy atom. The van der Waals surface area contributed by atoms with Crippen LogP contribution in [0.25, 0.3) is 0 Å². The second-order valence-electron chi connectivity index (χ2n) is 7.87. The zero-order valence-electron chi connectivity index (χ0n) is 16.8. The summed E-state index contributed by atoms with van der Waals surface area (Å²) >= 11 is 0. The lowest BCUT2D eigenvalue weighted by Crippen LogP contribution is -2.33. The van der Waals surface area contributed by atoms with Crippen molar-refractivity contribution in [3.05, 3.63) is 52.6 Å². The molecule has 2 N–H and O–H groups in total. The minimum absolute atomic E-state index is 0.0318. The number of hydrogen-bond acceptors (Lipinski definition) is 7. The van der Waals surface area contributed by atoms with Gasteiger partial charge in [0.2, 0.25) is 5.88 Å². The maximum Gasteiger partial charge on any atom is 0.344 e. The molecule has 152 valence electrons. The van der Waals surface area contributed by atoms with Crippen LogP contribution in [0.5, 0.6) is 5.75 Å². The van der Waals surface area contributed by atoms with Crippen LogP contribution in [0.4, 0.5) is 0 Å². The Bertz CT molecular complexity index is 935. The van der Waals surface area contributed by atoms with E-state index in [1.54, 1.807) is 31.2 Å². The number of ketones is 1. The fourth-order valence-electron chi connectivity index (χ4n) is 3.72. The highest BCUT2D eigenvalue weighted by Gasteiger charge is 2.42. The normalized spacial score (nSPS) is 20.5. The molecular weight excluding hydrogens is 372 g/mol. The van der Waals surface area contributed by atoms with Crippen LogP contribution in [-0.2, 0) is 19.1 Å². The number of benzene rings is 1. The molecule has 1 atom stereocenters. The number of carbonyl (C=O) groups is 2. The molecule has 0 radical (unpaired) electrons. The van der Waals surface area contributed by atoms with Crippen molar-refractivity contribution in [2.75, 3.05) is 13.2 Å². The summed E-state index contributed by atoms with van der Waals surface area (Å²) in [4.78, 5) is 24.3. The van der Waals surface area contributed by atoms with Crippen molar-refractivity contribution in [2.24, 2.45) is 11.1 Å². The van der Waals surface area contributed by atoms with E-state index in [1.807, 2.05) is 13.8 Å². The van der Waals surface area contributed by atoms with E-state index in [9.17, 15) is 14.9 Å². The zero-order valence-corrected chi connectivity index (χ0v) is 16.8. The minimum Gasteiger partial charge on any atom is -0.482 e. The fourth-order valence-corrected chi connectivity index (χ4v) is 3.72. The van der Waals surface area contributed by atoms with Gasteiger partial charge in [-0.25, -0.2) is 4.79 Å². The lowest BCUT2D eigenvalue weighted by Gasteiger charge is -2.37. The number of hydrogen-bond donors (Lipinski definition) is 1. The first-order chi connectivity index (χ1) is 13.8. The van der Waals surface area contributed by atoms with Gasteiger partial charge in [-0.05, 0) is 30.0 Å². The second-order valence-corrected chi connectivity index (χ2v) is 7.87. The molecule has 0 spiro atoms. The first-order valence-corrected chi connectivity index (χ1v) is 9.48. The Kier molecular flexibility index (Phi) is 5.64. The van der Waals surface area contributed by atoms with E-state index in [0.717, 1.165) is 5.56 Å². The van der Waals surface area contributed by atoms with Crippen LogP contribution in [0.3, 0.4) is 0 Å². The summed E-state index contributed by atoms with van der Waals surface area (Å²) in [5.41, 5.74) is 7.23. The molecule has 0 bridgehead atoms. The van der Waals surface area contributed by atoms with Crippen LogP contribution >= 0.6 is 0 Å². The van der Waals surface area contributed by atoms with Gasteiger partial charge in [0.25, 0.3) is 0 Å². The smallest absolute Gasteiger partial charge is 0.344 e. The highest BCUT2D eigenvalue weighted by molar-refractivity contribution is 6.00. The summed E-state index contributed by atoms with van der Waals surface area (Å²) in [6.45, 7) is 5.83. The number of allylic oxidation sites excluding steroid dienone is 3. The lowest BCUT2D eigenvalue weighted by molar-refractivity contribution is -0.145. The van der Waals surface area contributed by atoms with Crippen molar-refractivity contribution in [1.82, 2.24) is 0 Å². The third kappa shape index (κ3) is 4.27. The van der Waals surface area contributed by atoms with Gasteiger partial charge in [0.05, 0.1) is 12.5 Å². The number of ether oxygens (including phenoxy) is 3. The molecule has 0 saturated heterocycles. The van der Waals surface area contributed by atoms with Gasteiger partial charge in [0.1, 0.15) is 23.2 Å². The molecule has 0 unspecified atom stereocenters. The average molecular weight is 396 g/mol. The molecule has 1 aliphatic heterocycles. The van der Waals surface area contributed by atoms with E-state index in [1.165, 1.54) is 0 Å². The molecule has 1 aromatic carbocycles. The summed E-state index contributed by atoms with van der Waals surface area (Å²) in [7, 11) is 0. The van der Waals surface area contributed by atoms with E-state index in [-0.39, 0.29) is 35.9 Å². The van der Waals surface area contributed by atoms with Crippen molar-refractivity contribution in [2.45, 2.75) is 39.5 Å². The molecule has 0 amide bonds. The van der Waals surface area contributed by atoms with E-state index < -0.39 is 11.9 Å². The monoisotopic (exact) mass is 396 g/mol. The van der Waals surface area contributed by atoms with E-state index >= 15 is 0 Å². The van der Waals surface area contributed by atoms with Gasteiger partial charge in [-0.1, -0.05) is 26.0 Å². The topological polar surface area (TPSA) is 112 Å². The van der Waals surface area contributed by atoms with Gasteiger partial charge in [-0.3, -0.25) is 4.79 Å². The molecule has 1 heterocycles. The van der Waals surface area contributed by atoms with Crippen LogP contribution in [0.1, 0.15) is 45.1 Å². The number of nitrogens with zero attached hydrogens (tertiary/aromatic N) is 1. The number of nitriles is 1. The number of nitrogens with two attached hydrogens (primary N) is 1. The van der Waals surface area contributed by atoms with Crippen LogP contribution in [0, 0.1) is 16.7 Å². The lowest BCUT2D eigenvalue weighted by atomic mass is 9.70. The highest BCUT2D eigenvalue weighted by Crippen LogP contribution is 2.47. The molecule has 3 rings (SSSR count). The number of esters is 1. The Morgan fingerprint density at radius 1 is 1.31 bits per heavy atom. The molecule has 0 saturated carbocycles. The van der Waals surface area contributed by atoms with Gasteiger partial charge >= 0.3 is 5.97 Å². The van der Waals surface area contributed by atoms with Gasteiger partial charge in [-0.15, -0.1) is 0 Å². The van der Waals surface area contributed by atoms with Crippen molar-refractivity contribution in [3.63, 3.8) is 0 Å². The summed E-state index contributed by atoms with van der Waals surface area (Å²) in [5, 5.41) is 9.64. The van der Waals surface area contributed by atoms with Crippen molar-refractivity contribution in [1.29, 1.82) is 5.26 Å². The SMILES string of the molecule is CCOC(=O)COc1ccc([C@H]2C(C#N)=C(N)OC3=C2C(=O)CC(C)(C)C3)cc1. The molecule has 0 fully saturated rings. The maximum absolute atomic E-state index is 12.9. The summed E-state index contributed by atoms with van der Waals surface area (Å²) in [6, 6.07) is 9.00. The predicted molar refractivity (Wildman–Crippen MR) is 104 cm³/mol. The average Bonchev–Trinajstić information content (AvgIpc) is 2.65. The van der Waals surface area contributed by atoms with Crippen molar-refractivity contribution >= 4 is 11.8 Å². The standard InChI is InChI=1S/C22H24N2O5/c1-4-27-18(26)12-28-14-7-5-13(6-8-14)19-15(11-23)21(24)29-17-10-22(2,3)9-16(25)20(17)19/h5-8,19H,4,9-10,12,24H2,1-3H3/t19-/m0/s1. The Balaban J connectivity index is 1.91. The summed E-state index contributed by atoms with van der Waals surface area (Å²) < 4.78 is 15.9. The molecule has 29 heavy (non-hydrogen) atoms. The molecule has 2 aliphatic rings. The molecule has 0 aromatic heterocycles. The molecular formula is C22H24N2O5. The predicted octanol–water partition coefficient (Wildman–Crippen LogP) is 3.08. The van der Waals surface area contributed by atoms with Gasteiger partial charge < -0.3 is 19.9 Å². The van der Waals surface area contributed by atoms with Crippen LogP contribution in [-0.4, -0.2) is 25.0 Å². The Labute approximate surface area is 169 Å². The number of Topliss-reactive ketones (excluding diaryl/α,β-unsaturated/α-hetero) is 1. The second kappa shape index (κ2) is 8.00. The zero-order chi connectivity index (χ0) is 21.2. The number of rotatable bonds is 5. The van der Waals surface area contributed by atoms with E-state index in [0.29, 0.717) is 29.9 Å². The van der Waals surface area contributed by atoms with Gasteiger partial charge in [0, 0.05) is 18.4 Å². The van der Waals surface area contributed by atoms with Gasteiger partial charge in [0.15, 0.2) is 12.4 Å². The molecule has 7 nitrogen and oxygen atoms in total. The van der Waals surface area contributed by atoms with E-state index in [4.69, 9.17) is 19.9 Å². The quantitative estimate of drug-likeness (QED) is 0.761. The minimum atomic E-state index is -0.577. The maximum atomic E-state index is 12.9. The Hall–Kier alpha value is -3.27. The van der Waals surface area contributed by atoms with Crippen LogP contribution in [0.2, 0.25) is 0 Å². The first-order valence-electron chi connectivity index (χ1n) is 9.48. The van der Waals surface area contributed by atoms with Crippen LogP contribution in [0.15, 0.2) is 47.1 Å². The van der Waals surface area contributed by atoms with Crippen molar-refractivity contribution < 1.29 is 23.8 Å². The largest absolute Gasteiger partial charge is 0.482 e. The summed E-state index contributed by atoms with van der Waals surface area (Å²) in [6.07, 6.45) is 0.954. The molecule has 7 heteroatoms. The fraction of sp³-hybridized carbons (Fsp3) is 0.409. The van der Waals surface area contributed by atoms with Crippen molar-refractivity contribution in [3.8, 4) is 11.8 Å². The molecule has 1 aliphatic carbocycles. The highest BCUT2D eigenvalue weighted by atomic mass is 16.6. The molecule has 1 aromatic rings. The first kappa shape index (κ1) is 20.5. The Morgan fingerprint density at radius 3 is 2.62 bits per heavy atom. The van der Waals surface area contributed by atoms with E-state index in [2.05, 4.69) is 6.07 Å². The van der Waals surface area contributed by atoms with Crippen LogP contribution < -0.4 is 10.5 Å². The third-order valence-electron chi connectivity index (χ3n) is 4.95. The summed E-state index contributed by atoms with van der Waals surface area (Å²) in [5.74, 6) is -0.0151. The third-order valence-corrected chi connectivity index (χ3v) is 4.95. The number of carbonyl (C=O) groups excluding carboxylic acids is 2. The van der Waals surface area contributed by atoms with Gasteiger partial charge in [-0.2, -0.15) is 5.26 Å².